The summed E-state index contributed by atoms with van der Waals surface area (Å²) < 4.78 is 0. The number of ketones is 1. The van der Waals surface area contributed by atoms with Gasteiger partial charge in [-0.05, 0) is 6.08 Å². The second-order valence-electron chi connectivity index (χ2n) is 3.92. The minimum atomic E-state index is -0.577. The molecule has 0 aromatic heterocycles. The van der Waals surface area contributed by atoms with E-state index >= 15 is 0 Å². The van der Waals surface area contributed by atoms with Gasteiger partial charge in [0.2, 0.25) is 0 Å². The zero-order valence-electron chi connectivity index (χ0n) is 9.53. The van der Waals surface area contributed by atoms with Crippen molar-refractivity contribution in [3.05, 3.63) is 46.9 Å². The maximum absolute atomic E-state index is 11.0. The van der Waals surface area contributed by atoms with Crippen molar-refractivity contribution in [2.75, 3.05) is 0 Å². The number of phenols is 3. The van der Waals surface area contributed by atoms with Gasteiger partial charge in [0, 0.05) is 24.3 Å². The Morgan fingerprint density at radius 2 is 1.32 bits per heavy atom. The lowest BCUT2D eigenvalue weighted by molar-refractivity contribution is -0.110. The molecule has 0 saturated heterocycles. The molecule has 19 heavy (non-hydrogen) atoms. The molecule has 0 unspecified atom stereocenters. The molecule has 5 N–H and O–H groups in total. The van der Waals surface area contributed by atoms with Gasteiger partial charge in [-0.2, -0.15) is 0 Å². The van der Waals surface area contributed by atoms with Crippen LogP contribution >= 0.6 is 0 Å². The Kier molecular flexibility index (Phi) is 2.92. The van der Waals surface area contributed by atoms with Gasteiger partial charge in [-0.1, -0.05) is 0 Å². The van der Waals surface area contributed by atoms with Crippen molar-refractivity contribution in [1.82, 2.24) is 0 Å². The van der Waals surface area contributed by atoms with E-state index in [1.807, 2.05) is 0 Å². The van der Waals surface area contributed by atoms with Crippen LogP contribution in [0.3, 0.4) is 0 Å². The van der Waals surface area contributed by atoms with Gasteiger partial charge in [0.25, 0.3) is 0 Å². The summed E-state index contributed by atoms with van der Waals surface area (Å²) in [5.74, 6) is -2.78. The number of carbonyl (C=O) groups excluding carboxylic acids is 1. The summed E-state index contributed by atoms with van der Waals surface area (Å²) in [5, 5.41) is 47.5. The number of carbonyl (C=O) groups is 1. The Labute approximate surface area is 107 Å². The SMILES string of the molecule is O=C1C=C(O)C(=Cc2c(O)cc(O)cc2O)C(O)=C1. The number of rotatable bonds is 1. The quantitative estimate of drug-likeness (QED) is 0.525. The maximum atomic E-state index is 11.0. The van der Waals surface area contributed by atoms with E-state index in [4.69, 9.17) is 5.11 Å². The smallest absolute Gasteiger partial charge is 0.186 e. The average molecular weight is 262 g/mol. The van der Waals surface area contributed by atoms with Crippen LogP contribution in [0.5, 0.6) is 17.2 Å². The molecule has 98 valence electrons. The third-order valence-electron chi connectivity index (χ3n) is 2.52. The van der Waals surface area contributed by atoms with E-state index in [-0.39, 0.29) is 16.9 Å². The number of hydrogen-bond donors (Lipinski definition) is 5. The Balaban J connectivity index is 2.56. The van der Waals surface area contributed by atoms with E-state index in [9.17, 15) is 25.2 Å². The molecule has 6 nitrogen and oxygen atoms in total. The van der Waals surface area contributed by atoms with Gasteiger partial charge in [-0.25, -0.2) is 0 Å². The van der Waals surface area contributed by atoms with Crippen molar-refractivity contribution in [1.29, 1.82) is 0 Å². The van der Waals surface area contributed by atoms with Gasteiger partial charge in [0.05, 0.1) is 11.1 Å². The molecule has 2 rings (SSSR count). The van der Waals surface area contributed by atoms with Crippen molar-refractivity contribution in [2.45, 2.75) is 0 Å². The first-order valence-corrected chi connectivity index (χ1v) is 5.21. The first kappa shape index (κ1) is 12.6. The summed E-state index contributed by atoms with van der Waals surface area (Å²) in [6.45, 7) is 0. The Bertz CT molecular complexity index is 604. The van der Waals surface area contributed by atoms with Crippen molar-refractivity contribution < 1.29 is 30.3 Å². The van der Waals surface area contributed by atoms with Crippen LogP contribution < -0.4 is 0 Å². The highest BCUT2D eigenvalue weighted by molar-refractivity contribution is 6.03. The molecule has 6 heteroatoms. The summed E-state index contributed by atoms with van der Waals surface area (Å²) in [5.41, 5.74) is -0.238. The van der Waals surface area contributed by atoms with Crippen LogP contribution in [0.25, 0.3) is 6.08 Å². The Morgan fingerprint density at radius 3 is 1.79 bits per heavy atom. The monoisotopic (exact) mass is 262 g/mol. The van der Waals surface area contributed by atoms with E-state index in [1.54, 1.807) is 0 Å². The van der Waals surface area contributed by atoms with Crippen LogP contribution in [0.4, 0.5) is 0 Å². The second-order valence-corrected chi connectivity index (χ2v) is 3.92. The number of aromatic hydroxyl groups is 3. The van der Waals surface area contributed by atoms with Crippen LogP contribution in [-0.4, -0.2) is 31.3 Å². The van der Waals surface area contributed by atoms with Gasteiger partial charge in [0.1, 0.15) is 28.8 Å². The molecule has 0 fully saturated rings. The third-order valence-corrected chi connectivity index (χ3v) is 2.52. The molecule has 0 atom stereocenters. The number of aliphatic hydroxyl groups is 2. The average Bonchev–Trinajstić information content (AvgIpc) is 2.25. The summed E-state index contributed by atoms with van der Waals surface area (Å²) in [4.78, 5) is 11.0. The molecular weight excluding hydrogens is 252 g/mol. The summed E-state index contributed by atoms with van der Waals surface area (Å²) in [7, 11) is 0. The summed E-state index contributed by atoms with van der Waals surface area (Å²) in [6, 6.07) is 1.98. The summed E-state index contributed by atoms with van der Waals surface area (Å²) in [6.07, 6.45) is 2.87. The molecule has 0 heterocycles. The molecule has 0 bridgehead atoms. The van der Waals surface area contributed by atoms with Gasteiger partial charge in [-0.3, -0.25) is 4.79 Å². The molecule has 0 spiro atoms. The lowest BCUT2D eigenvalue weighted by Crippen LogP contribution is -2.05. The zero-order valence-corrected chi connectivity index (χ0v) is 9.53. The van der Waals surface area contributed by atoms with Gasteiger partial charge >= 0.3 is 0 Å². The minimum Gasteiger partial charge on any atom is -0.508 e. The van der Waals surface area contributed by atoms with Crippen LogP contribution in [0, 0.1) is 0 Å². The number of allylic oxidation sites excluding steroid dienone is 2. The molecule has 1 aliphatic carbocycles. The first-order valence-electron chi connectivity index (χ1n) is 5.21. The number of hydrogen-bond acceptors (Lipinski definition) is 6. The van der Waals surface area contributed by atoms with Crippen molar-refractivity contribution in [2.24, 2.45) is 0 Å². The molecule has 1 aromatic rings. The molecular formula is C13H10O6. The molecule has 0 aliphatic heterocycles. The van der Waals surface area contributed by atoms with Gasteiger partial charge < -0.3 is 25.5 Å². The predicted octanol–water partition coefficient (Wildman–Crippen LogP) is 1.65. The van der Waals surface area contributed by atoms with E-state index in [1.165, 1.54) is 0 Å². The van der Waals surface area contributed by atoms with E-state index < -0.39 is 28.8 Å². The third kappa shape index (κ3) is 2.37. The summed E-state index contributed by atoms with van der Waals surface area (Å²) >= 11 is 0. The Hall–Kier alpha value is -2.89. The highest BCUT2D eigenvalue weighted by atomic mass is 16.3. The second kappa shape index (κ2) is 4.41. The first-order chi connectivity index (χ1) is 8.88. The molecule has 1 aliphatic rings. The van der Waals surface area contributed by atoms with Crippen LogP contribution in [-0.2, 0) is 4.79 Å². The lowest BCUT2D eigenvalue weighted by atomic mass is 10.0. The van der Waals surface area contributed by atoms with Crippen LogP contribution in [0.2, 0.25) is 0 Å². The normalized spacial score (nSPS) is 14.9. The number of aliphatic hydroxyl groups excluding tert-OH is 2. The highest BCUT2D eigenvalue weighted by Gasteiger charge is 2.18. The minimum absolute atomic E-state index is 0.109. The van der Waals surface area contributed by atoms with E-state index in [0.717, 1.165) is 30.4 Å². The Morgan fingerprint density at radius 1 is 0.842 bits per heavy atom. The maximum Gasteiger partial charge on any atom is 0.186 e. The number of phenolic OH excluding ortho intramolecular Hbond substituents is 3. The fraction of sp³-hybridized carbons (Fsp3) is 0. The van der Waals surface area contributed by atoms with E-state index in [0.29, 0.717) is 0 Å². The van der Waals surface area contributed by atoms with Gasteiger partial charge in [-0.15, -0.1) is 0 Å². The van der Waals surface area contributed by atoms with Crippen LogP contribution in [0.15, 0.2) is 41.4 Å². The van der Waals surface area contributed by atoms with Crippen molar-refractivity contribution in [3.63, 3.8) is 0 Å². The lowest BCUT2D eigenvalue weighted by Gasteiger charge is -2.11. The predicted molar refractivity (Wildman–Crippen MR) is 65.8 cm³/mol. The van der Waals surface area contributed by atoms with E-state index in [2.05, 4.69) is 0 Å². The van der Waals surface area contributed by atoms with Crippen molar-refractivity contribution >= 4 is 11.9 Å². The highest BCUT2D eigenvalue weighted by Crippen LogP contribution is 2.35. The zero-order chi connectivity index (χ0) is 14.2. The van der Waals surface area contributed by atoms with Crippen LogP contribution in [0.1, 0.15) is 5.56 Å². The molecule has 0 amide bonds. The van der Waals surface area contributed by atoms with Gasteiger partial charge in [0.15, 0.2) is 5.78 Å². The molecule has 0 radical (unpaired) electrons. The fourth-order valence-electron chi connectivity index (χ4n) is 1.65. The van der Waals surface area contributed by atoms with Crippen molar-refractivity contribution in [3.8, 4) is 17.2 Å². The standard InChI is InChI=1S/C13H10O6/c14-6-1-10(16)8(11(17)2-6)5-9-12(18)3-7(15)4-13(9)19/h1-5,14,16-19H. The topological polar surface area (TPSA) is 118 Å². The number of benzene rings is 1. The molecule has 0 saturated carbocycles. The largest absolute Gasteiger partial charge is 0.508 e. The molecule has 1 aromatic carbocycles. The fourth-order valence-corrected chi connectivity index (χ4v) is 1.65.